The topological polar surface area (TPSA) is 128 Å². The van der Waals surface area contributed by atoms with E-state index in [9.17, 15) is 18.8 Å². The zero-order chi connectivity index (χ0) is 36.6. The lowest BCUT2D eigenvalue weighted by molar-refractivity contribution is -0.145. The van der Waals surface area contributed by atoms with Gasteiger partial charge in [-0.15, -0.1) is 0 Å². The number of ketones is 2. The number of fused-ring (bicyclic) bond motifs is 5. The maximum absolute atomic E-state index is 14.7. The quantitative estimate of drug-likeness (QED) is 0.264. The molecule has 10 nitrogen and oxygen atoms in total. The van der Waals surface area contributed by atoms with Gasteiger partial charge < -0.3 is 15.4 Å². The number of nitrogens with one attached hydrogen (secondary N) is 2. The van der Waals surface area contributed by atoms with Crippen LogP contribution >= 0.6 is 0 Å². The lowest BCUT2D eigenvalue weighted by atomic mass is 9.45. The summed E-state index contributed by atoms with van der Waals surface area (Å²) in [6.45, 7) is 5.28. The molecule has 1 amide bonds. The van der Waals surface area contributed by atoms with Crippen LogP contribution in [0, 0.1) is 40.3 Å². The third-order valence-corrected chi connectivity index (χ3v) is 14.6. The van der Waals surface area contributed by atoms with Crippen LogP contribution in [-0.2, 0) is 21.4 Å². The van der Waals surface area contributed by atoms with Crippen LogP contribution in [0.4, 0.5) is 15.8 Å². The number of aryl methyl sites for hydroxylation is 1. The van der Waals surface area contributed by atoms with Gasteiger partial charge in [0.05, 0.1) is 36.8 Å². The first-order valence-electron chi connectivity index (χ1n) is 19.6. The molecule has 11 heteroatoms. The molecule has 53 heavy (non-hydrogen) atoms. The van der Waals surface area contributed by atoms with Crippen molar-refractivity contribution < 1.29 is 23.5 Å². The van der Waals surface area contributed by atoms with Crippen LogP contribution in [0.15, 0.2) is 47.7 Å². The van der Waals surface area contributed by atoms with Gasteiger partial charge in [-0.3, -0.25) is 24.1 Å². The van der Waals surface area contributed by atoms with Crippen molar-refractivity contribution in [1.29, 1.82) is 0 Å². The van der Waals surface area contributed by atoms with E-state index in [2.05, 4.69) is 39.6 Å². The minimum atomic E-state index is -0.483. The molecule has 9 rings (SSSR count). The van der Waals surface area contributed by atoms with Gasteiger partial charge in [0.1, 0.15) is 30.3 Å². The van der Waals surface area contributed by atoms with Crippen molar-refractivity contribution in [3.63, 3.8) is 0 Å². The molecule has 0 bridgehead atoms. The van der Waals surface area contributed by atoms with Gasteiger partial charge in [-0.25, -0.2) is 9.37 Å². The molecule has 4 fully saturated rings. The standard InChI is InChI=1S/C42H49FN6O4/c1-41-15-12-27(50)18-24(41)6-9-28-30-10-11-34(42(30,2)16-13-31(28)41)53-17-14-35(52)47-26-7-4-23(5-8-26)38-37(40-45-22-46-49(40)3)39-36-29(33(51)21-44-39)19-25(43)20-32(36)48-38/h4-5,7-8,19-20,22,24,28,30-31,34,37-38,48H,6,9-18,21H2,1-3H3,(H,47,52)/t24-,28-,30-,31-,34?,37?,38+,41-,42-/m0/s1. The van der Waals surface area contributed by atoms with Gasteiger partial charge in [0.15, 0.2) is 5.78 Å². The van der Waals surface area contributed by atoms with Gasteiger partial charge in [0.25, 0.3) is 0 Å². The summed E-state index contributed by atoms with van der Waals surface area (Å²) >= 11 is 0. The second-order valence-corrected chi connectivity index (χ2v) is 17.1. The number of hydrogen-bond donors (Lipinski definition) is 2. The summed E-state index contributed by atoms with van der Waals surface area (Å²) in [6.07, 6.45) is 11.6. The molecule has 2 aromatic carbocycles. The number of rotatable bonds is 7. The molecular weight excluding hydrogens is 671 g/mol. The monoisotopic (exact) mass is 720 g/mol. The first-order valence-corrected chi connectivity index (χ1v) is 19.6. The molecule has 9 atom stereocenters. The van der Waals surface area contributed by atoms with Gasteiger partial charge in [-0.2, -0.15) is 5.10 Å². The van der Waals surface area contributed by atoms with Crippen molar-refractivity contribution in [1.82, 2.24) is 14.8 Å². The minimum Gasteiger partial charge on any atom is -0.377 e. The lowest BCUT2D eigenvalue weighted by Gasteiger charge is -2.60. The first-order chi connectivity index (χ1) is 25.5. The number of anilines is 2. The molecule has 0 saturated heterocycles. The number of Topliss-reactive ketones (excluding diaryl/α,β-unsaturated/α-hetero) is 2. The summed E-state index contributed by atoms with van der Waals surface area (Å²) in [7, 11) is 1.82. The lowest BCUT2D eigenvalue weighted by Crippen LogP contribution is -2.54. The van der Waals surface area contributed by atoms with E-state index in [0.717, 1.165) is 37.2 Å². The van der Waals surface area contributed by atoms with Gasteiger partial charge in [0, 0.05) is 42.4 Å². The SMILES string of the molecule is Cn1ncnc1C1C2=NCC(=O)c3cc(F)cc(c32)N[C@@H]1c1ccc(NC(=O)CCOC2CC[C@H]3[C@@H]4CC[C@H]5CC(=O)CC[C@]5(C)[C@H]4CC[C@]23C)cc1. The number of aliphatic imine (C=N–C) groups is 1. The summed E-state index contributed by atoms with van der Waals surface area (Å²) in [6, 6.07) is 9.97. The van der Waals surface area contributed by atoms with Gasteiger partial charge >= 0.3 is 0 Å². The normalized spacial score (nSPS) is 34.3. The number of amides is 1. The van der Waals surface area contributed by atoms with Crippen molar-refractivity contribution in [3.05, 3.63) is 71.1 Å². The van der Waals surface area contributed by atoms with Crippen LogP contribution in [0.5, 0.6) is 0 Å². The fourth-order valence-corrected chi connectivity index (χ4v) is 11.9. The van der Waals surface area contributed by atoms with E-state index in [0.29, 0.717) is 69.6 Å². The van der Waals surface area contributed by atoms with Crippen molar-refractivity contribution in [2.75, 3.05) is 23.8 Å². The highest BCUT2D eigenvalue weighted by Crippen LogP contribution is 2.66. The second-order valence-electron chi connectivity index (χ2n) is 17.1. The largest absolute Gasteiger partial charge is 0.377 e. The Balaban J connectivity index is 0.843. The molecular formula is C42H49FN6O4. The number of ether oxygens (including phenoxy) is 1. The van der Waals surface area contributed by atoms with Crippen LogP contribution in [0.1, 0.15) is 117 Å². The van der Waals surface area contributed by atoms with E-state index < -0.39 is 5.82 Å². The Hall–Kier alpha value is -4.25. The molecule has 3 heterocycles. The zero-order valence-electron chi connectivity index (χ0n) is 30.9. The summed E-state index contributed by atoms with van der Waals surface area (Å²) in [5, 5.41) is 10.8. The Bertz CT molecular complexity index is 2010. The number of benzene rings is 2. The average Bonchev–Trinajstić information content (AvgIpc) is 3.71. The number of hydrogen-bond acceptors (Lipinski definition) is 8. The summed E-state index contributed by atoms with van der Waals surface area (Å²) in [4.78, 5) is 47.4. The van der Waals surface area contributed by atoms with Crippen LogP contribution in [0.3, 0.4) is 0 Å². The summed E-state index contributed by atoms with van der Waals surface area (Å²) < 4.78 is 22.9. The molecule has 2 N–H and O–H groups in total. The number of halogens is 1. The summed E-state index contributed by atoms with van der Waals surface area (Å²) in [5.74, 6) is 2.62. The second kappa shape index (κ2) is 13.0. The van der Waals surface area contributed by atoms with E-state index >= 15 is 0 Å². The van der Waals surface area contributed by atoms with Gasteiger partial charge in [-0.05, 0) is 109 Å². The Labute approximate surface area is 309 Å². The third kappa shape index (κ3) is 5.67. The molecule has 3 aromatic rings. The summed E-state index contributed by atoms with van der Waals surface area (Å²) in [5.41, 5.74) is 4.18. The maximum Gasteiger partial charge on any atom is 0.226 e. The Morgan fingerprint density at radius 2 is 1.85 bits per heavy atom. The number of carbonyl (C=O) groups is 3. The number of nitrogens with zero attached hydrogens (tertiary/aromatic N) is 4. The Morgan fingerprint density at radius 3 is 2.64 bits per heavy atom. The molecule has 0 radical (unpaired) electrons. The Kier molecular flexibility index (Phi) is 8.44. The molecule has 4 aliphatic carbocycles. The highest BCUT2D eigenvalue weighted by atomic mass is 19.1. The predicted molar refractivity (Wildman–Crippen MR) is 198 cm³/mol. The number of aromatic nitrogens is 3. The Morgan fingerprint density at radius 1 is 1.04 bits per heavy atom. The molecule has 2 aliphatic heterocycles. The van der Waals surface area contributed by atoms with Crippen LogP contribution in [0.2, 0.25) is 0 Å². The van der Waals surface area contributed by atoms with Crippen molar-refractivity contribution in [2.24, 2.45) is 46.5 Å². The van der Waals surface area contributed by atoms with E-state index in [1.165, 1.54) is 50.6 Å². The first kappa shape index (κ1) is 34.5. The fourth-order valence-electron chi connectivity index (χ4n) is 11.9. The maximum atomic E-state index is 14.7. The van der Waals surface area contributed by atoms with Gasteiger partial charge in [0.2, 0.25) is 5.91 Å². The van der Waals surface area contributed by atoms with Crippen LogP contribution in [0.25, 0.3) is 0 Å². The molecule has 6 aliphatic rings. The third-order valence-electron chi connectivity index (χ3n) is 14.6. The van der Waals surface area contributed by atoms with Gasteiger partial charge in [-0.1, -0.05) is 26.0 Å². The van der Waals surface area contributed by atoms with Crippen LogP contribution < -0.4 is 10.6 Å². The predicted octanol–water partition coefficient (Wildman–Crippen LogP) is 7.22. The average molecular weight is 721 g/mol. The smallest absolute Gasteiger partial charge is 0.226 e. The minimum absolute atomic E-state index is 0.0491. The molecule has 0 spiro atoms. The zero-order valence-corrected chi connectivity index (χ0v) is 30.9. The van der Waals surface area contributed by atoms with E-state index in [-0.39, 0.29) is 48.1 Å². The van der Waals surface area contributed by atoms with Crippen LogP contribution in [-0.4, -0.2) is 57.2 Å². The van der Waals surface area contributed by atoms with E-state index in [4.69, 9.17) is 4.74 Å². The molecule has 4 saturated carbocycles. The molecule has 1 aromatic heterocycles. The van der Waals surface area contributed by atoms with E-state index in [1.807, 2.05) is 31.3 Å². The molecule has 2 unspecified atom stereocenters. The highest BCUT2D eigenvalue weighted by molar-refractivity contribution is 6.21. The van der Waals surface area contributed by atoms with Crippen molar-refractivity contribution >= 4 is 34.6 Å². The number of carbonyl (C=O) groups excluding carboxylic acids is 3. The highest BCUT2D eigenvalue weighted by Gasteiger charge is 2.60. The van der Waals surface area contributed by atoms with Crippen molar-refractivity contribution in [2.45, 2.75) is 96.1 Å². The fraction of sp³-hybridized carbons (Fsp3) is 0.571. The molecule has 278 valence electrons. The van der Waals surface area contributed by atoms with Crippen molar-refractivity contribution in [3.8, 4) is 0 Å². The van der Waals surface area contributed by atoms with E-state index in [1.54, 1.807) is 4.68 Å².